The molecule has 0 spiro atoms. The molecule has 1 fully saturated rings. The summed E-state index contributed by atoms with van der Waals surface area (Å²) >= 11 is 7.72. The first kappa shape index (κ1) is 8.44. The third kappa shape index (κ3) is 2.19. The number of thioether (sulfide) groups is 1. The summed E-state index contributed by atoms with van der Waals surface area (Å²) < 4.78 is 5.38. The van der Waals surface area contributed by atoms with Gasteiger partial charge < -0.3 is 4.74 Å². The van der Waals surface area contributed by atoms with Gasteiger partial charge in [-0.3, -0.25) is 0 Å². The zero-order valence-corrected chi connectivity index (χ0v) is 7.33. The van der Waals surface area contributed by atoms with Gasteiger partial charge in [0.15, 0.2) is 0 Å². The van der Waals surface area contributed by atoms with Crippen molar-refractivity contribution in [1.82, 2.24) is 0 Å². The summed E-state index contributed by atoms with van der Waals surface area (Å²) in [7, 11) is 0. The van der Waals surface area contributed by atoms with E-state index in [1.807, 2.05) is 0 Å². The van der Waals surface area contributed by atoms with Crippen LogP contribution < -0.4 is 0 Å². The fraction of sp³-hybridized carbons (Fsp3) is 0.714. The first-order valence-electron chi connectivity index (χ1n) is 3.33. The van der Waals surface area contributed by atoms with E-state index < -0.39 is 0 Å². The number of hydrogen-bond acceptors (Lipinski definition) is 2. The van der Waals surface area contributed by atoms with Crippen molar-refractivity contribution in [2.45, 2.75) is 17.2 Å². The van der Waals surface area contributed by atoms with Crippen molar-refractivity contribution in [3.63, 3.8) is 0 Å². The van der Waals surface area contributed by atoms with Crippen LogP contribution in [0.3, 0.4) is 0 Å². The molecule has 2 atom stereocenters. The lowest BCUT2D eigenvalue weighted by atomic mass is 10.3. The van der Waals surface area contributed by atoms with Crippen LogP contribution in [0.5, 0.6) is 0 Å². The van der Waals surface area contributed by atoms with E-state index in [2.05, 4.69) is 6.58 Å². The topological polar surface area (TPSA) is 9.23 Å². The molecule has 0 aromatic rings. The quantitative estimate of drug-likeness (QED) is 0.485. The molecule has 0 aliphatic carbocycles. The monoisotopic (exact) mass is 178 g/mol. The maximum Gasteiger partial charge on any atom is 0.120 e. The molecule has 1 nitrogen and oxygen atoms in total. The molecule has 1 heterocycles. The molecular formula is C7H11ClOS. The molecule has 0 N–H and O–H groups in total. The zero-order chi connectivity index (χ0) is 7.40. The van der Waals surface area contributed by atoms with E-state index in [0.29, 0.717) is 6.61 Å². The van der Waals surface area contributed by atoms with E-state index in [4.69, 9.17) is 16.3 Å². The van der Waals surface area contributed by atoms with Crippen molar-refractivity contribution < 1.29 is 4.74 Å². The Morgan fingerprint density at radius 1 is 1.80 bits per heavy atom. The van der Waals surface area contributed by atoms with Gasteiger partial charge in [0.05, 0.1) is 12.0 Å². The van der Waals surface area contributed by atoms with Crippen LogP contribution in [0.15, 0.2) is 12.7 Å². The Bertz CT molecular complexity index is 118. The highest BCUT2D eigenvalue weighted by atomic mass is 35.5. The third-order valence-corrected chi connectivity index (χ3v) is 3.21. The minimum absolute atomic E-state index is 0.194. The summed E-state index contributed by atoms with van der Waals surface area (Å²) in [6.07, 6.45) is 2.82. The van der Waals surface area contributed by atoms with Crippen LogP contribution in [0.1, 0.15) is 6.42 Å². The Balaban J connectivity index is 2.19. The average Bonchev–Trinajstić information content (AvgIpc) is 2.31. The van der Waals surface area contributed by atoms with Gasteiger partial charge in [-0.25, -0.2) is 0 Å². The van der Waals surface area contributed by atoms with E-state index >= 15 is 0 Å². The van der Waals surface area contributed by atoms with Gasteiger partial charge in [0.1, 0.15) is 5.44 Å². The van der Waals surface area contributed by atoms with Crippen molar-refractivity contribution >= 4 is 23.4 Å². The number of halogens is 1. The molecule has 0 bridgehead atoms. The number of rotatable bonds is 3. The second kappa shape index (κ2) is 4.27. The minimum Gasteiger partial charge on any atom is -0.362 e. The molecule has 0 aromatic carbocycles. The molecule has 0 saturated carbocycles. The molecular weight excluding hydrogens is 168 g/mol. The molecule has 1 rings (SSSR count). The van der Waals surface area contributed by atoms with Gasteiger partial charge in [-0.05, 0) is 12.2 Å². The summed E-state index contributed by atoms with van der Waals surface area (Å²) in [4.78, 5) is 0. The molecule has 3 heteroatoms. The van der Waals surface area contributed by atoms with Crippen LogP contribution in [0, 0.1) is 0 Å². The Hall–Kier alpha value is 0.340. The number of hydrogen-bond donors (Lipinski definition) is 0. The smallest absolute Gasteiger partial charge is 0.120 e. The minimum atomic E-state index is 0.194. The second-order valence-electron chi connectivity index (χ2n) is 2.17. The van der Waals surface area contributed by atoms with Gasteiger partial charge in [-0.15, -0.1) is 29.9 Å². The van der Waals surface area contributed by atoms with E-state index in [-0.39, 0.29) is 10.8 Å². The van der Waals surface area contributed by atoms with Gasteiger partial charge in [0, 0.05) is 0 Å². The summed E-state index contributed by atoms with van der Waals surface area (Å²) in [6.45, 7) is 4.18. The lowest BCUT2D eigenvalue weighted by Crippen LogP contribution is -2.15. The average molecular weight is 179 g/mol. The van der Waals surface area contributed by atoms with Gasteiger partial charge >= 0.3 is 0 Å². The van der Waals surface area contributed by atoms with Gasteiger partial charge in [-0.2, -0.15) is 0 Å². The Kier molecular flexibility index (Phi) is 3.60. The Morgan fingerprint density at radius 2 is 2.60 bits per heavy atom. The first-order valence-corrected chi connectivity index (χ1v) is 4.81. The number of ether oxygens (including phenoxy) is 1. The highest BCUT2D eigenvalue weighted by Gasteiger charge is 2.25. The van der Waals surface area contributed by atoms with Crippen LogP contribution in [0.4, 0.5) is 0 Å². The van der Waals surface area contributed by atoms with E-state index in [1.165, 1.54) is 0 Å². The van der Waals surface area contributed by atoms with Crippen molar-refractivity contribution in [1.29, 1.82) is 0 Å². The zero-order valence-electron chi connectivity index (χ0n) is 5.75. The van der Waals surface area contributed by atoms with Gasteiger partial charge in [-0.1, -0.05) is 6.08 Å². The largest absolute Gasteiger partial charge is 0.362 e. The van der Waals surface area contributed by atoms with Gasteiger partial charge in [0.2, 0.25) is 0 Å². The fourth-order valence-electron chi connectivity index (χ4n) is 0.853. The summed E-state index contributed by atoms with van der Waals surface area (Å²) in [5.74, 6) is 1.12. The van der Waals surface area contributed by atoms with Crippen LogP contribution in [-0.2, 0) is 4.74 Å². The maximum atomic E-state index is 5.93. The molecule has 2 unspecified atom stereocenters. The van der Waals surface area contributed by atoms with E-state index in [9.17, 15) is 0 Å². The van der Waals surface area contributed by atoms with E-state index in [0.717, 1.165) is 12.2 Å². The summed E-state index contributed by atoms with van der Waals surface area (Å²) in [6, 6.07) is 0. The third-order valence-electron chi connectivity index (χ3n) is 1.35. The molecule has 1 saturated heterocycles. The normalized spacial score (nSPS) is 32.5. The number of alkyl halides is 1. The molecule has 0 radical (unpaired) electrons. The predicted molar refractivity (Wildman–Crippen MR) is 46.7 cm³/mol. The predicted octanol–water partition coefficient (Wildman–Crippen LogP) is 2.26. The van der Waals surface area contributed by atoms with Crippen molar-refractivity contribution in [2.75, 3.05) is 12.4 Å². The maximum absolute atomic E-state index is 5.93. The standard InChI is InChI=1S/C7H11ClOS/c1-2-4-9-7-6(8)3-5-10-7/h2,6-7H,1,3-5H2. The Labute approximate surface area is 70.8 Å². The summed E-state index contributed by atoms with van der Waals surface area (Å²) in [5.41, 5.74) is 0.194. The van der Waals surface area contributed by atoms with Crippen LogP contribution >= 0.6 is 23.4 Å². The van der Waals surface area contributed by atoms with Crippen LogP contribution in [0.2, 0.25) is 0 Å². The van der Waals surface area contributed by atoms with E-state index in [1.54, 1.807) is 17.8 Å². The second-order valence-corrected chi connectivity index (χ2v) is 3.93. The van der Waals surface area contributed by atoms with Gasteiger partial charge in [0.25, 0.3) is 0 Å². The first-order chi connectivity index (χ1) is 4.84. The molecule has 0 amide bonds. The van der Waals surface area contributed by atoms with Crippen molar-refractivity contribution in [3.8, 4) is 0 Å². The molecule has 10 heavy (non-hydrogen) atoms. The molecule has 58 valence electrons. The van der Waals surface area contributed by atoms with Crippen LogP contribution in [0.25, 0.3) is 0 Å². The SMILES string of the molecule is C=CCOC1SCCC1Cl. The van der Waals surface area contributed by atoms with Crippen molar-refractivity contribution in [3.05, 3.63) is 12.7 Å². The molecule has 0 aromatic heterocycles. The summed E-state index contributed by atoms with van der Waals surface area (Å²) in [5, 5.41) is 0.199. The Morgan fingerprint density at radius 3 is 3.10 bits per heavy atom. The highest BCUT2D eigenvalue weighted by molar-refractivity contribution is 8.00. The molecule has 1 aliphatic rings. The lowest BCUT2D eigenvalue weighted by molar-refractivity contribution is 0.140. The molecule has 1 aliphatic heterocycles. The lowest BCUT2D eigenvalue weighted by Gasteiger charge is -2.11. The highest BCUT2D eigenvalue weighted by Crippen LogP contribution is 2.31. The van der Waals surface area contributed by atoms with Crippen molar-refractivity contribution in [2.24, 2.45) is 0 Å². The fourth-order valence-corrected chi connectivity index (χ4v) is 2.52. The van der Waals surface area contributed by atoms with Crippen LogP contribution in [-0.4, -0.2) is 23.2 Å².